The van der Waals surface area contributed by atoms with Crippen LogP contribution in [0.2, 0.25) is 0 Å². The highest BCUT2D eigenvalue weighted by Gasteiger charge is 2.17. The van der Waals surface area contributed by atoms with Crippen LogP contribution in [0.1, 0.15) is 12.7 Å². The molecule has 1 aromatic carbocycles. The van der Waals surface area contributed by atoms with Gasteiger partial charge in [0.05, 0.1) is 0 Å². The lowest BCUT2D eigenvalue weighted by molar-refractivity contribution is -0.152. The van der Waals surface area contributed by atoms with Crippen molar-refractivity contribution >= 4 is 17.9 Å². The Balaban J connectivity index is 1.89. The lowest BCUT2D eigenvalue weighted by Gasteiger charge is -2.13. The highest BCUT2D eigenvalue weighted by molar-refractivity contribution is 5.74. The smallest absolute Gasteiger partial charge is 0.347 e. The molecule has 0 aliphatic heterocycles. The van der Waals surface area contributed by atoms with E-state index in [9.17, 15) is 9.18 Å². The Kier molecular flexibility index (Phi) is 4.66. The Bertz CT molecular complexity index is 645. The average Bonchev–Trinajstić information content (AvgIpc) is 2.46. The van der Waals surface area contributed by atoms with Gasteiger partial charge in [0.1, 0.15) is 11.6 Å². The quantitative estimate of drug-likeness (QED) is 0.772. The van der Waals surface area contributed by atoms with Crippen LogP contribution < -0.4 is 16.2 Å². The van der Waals surface area contributed by atoms with E-state index in [0.29, 0.717) is 5.75 Å². The molecular formula is C13H14FN5O3. The van der Waals surface area contributed by atoms with Crippen LogP contribution in [0.3, 0.4) is 0 Å². The molecular weight excluding hydrogens is 293 g/mol. The summed E-state index contributed by atoms with van der Waals surface area (Å²) in [6.07, 6.45) is -0.887. The van der Waals surface area contributed by atoms with E-state index in [1.807, 2.05) is 0 Å². The van der Waals surface area contributed by atoms with Gasteiger partial charge in [-0.25, -0.2) is 9.18 Å². The predicted molar refractivity (Wildman–Crippen MR) is 74.9 cm³/mol. The molecule has 0 bridgehead atoms. The van der Waals surface area contributed by atoms with E-state index in [4.69, 9.17) is 20.9 Å². The van der Waals surface area contributed by atoms with E-state index in [0.717, 1.165) is 0 Å². The number of benzene rings is 1. The third-order valence-corrected chi connectivity index (χ3v) is 2.52. The lowest BCUT2D eigenvalue weighted by atomic mass is 10.3. The largest absolute Gasteiger partial charge is 0.479 e. The molecule has 2 aromatic rings. The predicted octanol–water partition coefficient (Wildman–Crippen LogP) is 0.686. The second kappa shape index (κ2) is 6.66. The molecule has 22 heavy (non-hydrogen) atoms. The summed E-state index contributed by atoms with van der Waals surface area (Å²) in [5.74, 6) is -0.676. The molecule has 9 heteroatoms. The first-order valence-corrected chi connectivity index (χ1v) is 6.29. The van der Waals surface area contributed by atoms with E-state index in [1.165, 1.54) is 31.2 Å². The summed E-state index contributed by atoms with van der Waals surface area (Å²) < 4.78 is 23.1. The molecule has 116 valence electrons. The van der Waals surface area contributed by atoms with Crippen LogP contribution in [0.4, 0.5) is 16.3 Å². The minimum absolute atomic E-state index is 0.0610. The number of nitrogen functional groups attached to an aromatic ring is 2. The van der Waals surface area contributed by atoms with Gasteiger partial charge in [-0.05, 0) is 31.2 Å². The van der Waals surface area contributed by atoms with Crippen LogP contribution in [-0.4, -0.2) is 27.0 Å². The number of nitrogens with two attached hydrogens (primary N) is 2. The van der Waals surface area contributed by atoms with Crippen LogP contribution in [-0.2, 0) is 16.1 Å². The summed E-state index contributed by atoms with van der Waals surface area (Å²) >= 11 is 0. The van der Waals surface area contributed by atoms with E-state index in [1.54, 1.807) is 0 Å². The van der Waals surface area contributed by atoms with Gasteiger partial charge in [0.25, 0.3) is 0 Å². The summed E-state index contributed by atoms with van der Waals surface area (Å²) in [7, 11) is 0. The van der Waals surface area contributed by atoms with E-state index >= 15 is 0 Å². The topological polar surface area (TPSA) is 126 Å². The van der Waals surface area contributed by atoms with Crippen molar-refractivity contribution in [2.45, 2.75) is 19.6 Å². The van der Waals surface area contributed by atoms with Gasteiger partial charge in [0.15, 0.2) is 18.5 Å². The van der Waals surface area contributed by atoms with Gasteiger partial charge in [-0.3, -0.25) is 0 Å². The van der Waals surface area contributed by atoms with Gasteiger partial charge < -0.3 is 20.9 Å². The summed E-state index contributed by atoms with van der Waals surface area (Å²) in [5, 5.41) is 0. The van der Waals surface area contributed by atoms with Gasteiger partial charge in [-0.2, -0.15) is 15.0 Å². The molecule has 1 atom stereocenters. The van der Waals surface area contributed by atoms with E-state index in [2.05, 4.69) is 15.0 Å². The van der Waals surface area contributed by atoms with E-state index < -0.39 is 17.9 Å². The minimum Gasteiger partial charge on any atom is -0.479 e. The van der Waals surface area contributed by atoms with Crippen molar-refractivity contribution in [2.75, 3.05) is 11.5 Å². The number of esters is 1. The van der Waals surface area contributed by atoms with Gasteiger partial charge in [0.2, 0.25) is 11.9 Å². The maximum absolute atomic E-state index is 12.8. The zero-order valence-electron chi connectivity index (χ0n) is 11.7. The summed E-state index contributed by atoms with van der Waals surface area (Å²) in [5.41, 5.74) is 10.8. The van der Waals surface area contributed by atoms with Crippen molar-refractivity contribution in [1.29, 1.82) is 0 Å². The first kappa shape index (κ1) is 15.4. The molecule has 0 saturated heterocycles. The Morgan fingerprint density at radius 3 is 2.36 bits per heavy atom. The van der Waals surface area contributed by atoms with E-state index in [-0.39, 0.29) is 24.3 Å². The summed E-state index contributed by atoms with van der Waals surface area (Å²) in [4.78, 5) is 22.9. The number of carbonyl (C=O) groups excluding carboxylic acids is 1. The number of halogens is 1. The van der Waals surface area contributed by atoms with Gasteiger partial charge in [0, 0.05) is 0 Å². The monoisotopic (exact) mass is 307 g/mol. The van der Waals surface area contributed by atoms with Crippen LogP contribution >= 0.6 is 0 Å². The normalized spacial score (nSPS) is 11.7. The number of nitrogens with zero attached hydrogens (tertiary/aromatic N) is 3. The van der Waals surface area contributed by atoms with Crippen molar-refractivity contribution in [3.63, 3.8) is 0 Å². The number of carbonyl (C=O) groups is 1. The standard InChI is InChI=1S/C13H14FN5O3/c1-7(22-9-4-2-8(14)3-5-9)11(20)21-6-10-17-12(15)19-13(16)18-10/h2-5,7H,6H2,1H3,(H4,15,16,17,18,19)/t7-/m0/s1. The van der Waals surface area contributed by atoms with Gasteiger partial charge in [-0.1, -0.05) is 0 Å². The Morgan fingerprint density at radius 1 is 1.18 bits per heavy atom. The first-order chi connectivity index (χ1) is 10.4. The van der Waals surface area contributed by atoms with Crippen molar-refractivity contribution in [3.05, 3.63) is 35.9 Å². The Hall–Kier alpha value is -2.97. The second-order valence-corrected chi connectivity index (χ2v) is 4.29. The minimum atomic E-state index is -0.887. The fourth-order valence-electron chi connectivity index (χ4n) is 1.54. The third kappa shape index (κ3) is 4.27. The number of ether oxygens (including phenoxy) is 2. The molecule has 0 saturated carbocycles. The third-order valence-electron chi connectivity index (χ3n) is 2.52. The molecule has 8 nitrogen and oxygen atoms in total. The number of aromatic nitrogens is 3. The van der Waals surface area contributed by atoms with Crippen molar-refractivity contribution < 1.29 is 18.7 Å². The molecule has 0 unspecified atom stereocenters. The molecule has 1 aromatic heterocycles. The zero-order valence-corrected chi connectivity index (χ0v) is 11.7. The van der Waals surface area contributed by atoms with Crippen molar-refractivity contribution in [2.24, 2.45) is 0 Å². The number of anilines is 2. The molecule has 0 amide bonds. The SMILES string of the molecule is C[C@H](Oc1ccc(F)cc1)C(=O)OCc1nc(N)nc(N)n1. The maximum Gasteiger partial charge on any atom is 0.347 e. The highest BCUT2D eigenvalue weighted by atomic mass is 19.1. The first-order valence-electron chi connectivity index (χ1n) is 6.29. The zero-order chi connectivity index (χ0) is 16.1. The molecule has 1 heterocycles. The Labute approximate surface area is 125 Å². The molecule has 2 rings (SSSR count). The van der Waals surface area contributed by atoms with Gasteiger partial charge in [-0.15, -0.1) is 0 Å². The highest BCUT2D eigenvalue weighted by Crippen LogP contribution is 2.13. The number of rotatable bonds is 5. The molecule has 0 spiro atoms. The maximum atomic E-state index is 12.8. The van der Waals surface area contributed by atoms with Crippen LogP contribution in [0.25, 0.3) is 0 Å². The summed E-state index contributed by atoms with van der Waals surface area (Å²) in [6, 6.07) is 5.27. The fraction of sp³-hybridized carbons (Fsp3) is 0.231. The van der Waals surface area contributed by atoms with Crippen LogP contribution in [0, 0.1) is 5.82 Å². The van der Waals surface area contributed by atoms with Gasteiger partial charge >= 0.3 is 5.97 Å². The molecule has 0 aliphatic carbocycles. The second-order valence-electron chi connectivity index (χ2n) is 4.29. The number of hydrogen-bond acceptors (Lipinski definition) is 8. The van der Waals surface area contributed by atoms with Crippen LogP contribution in [0.5, 0.6) is 5.75 Å². The fourth-order valence-corrected chi connectivity index (χ4v) is 1.54. The number of hydrogen-bond donors (Lipinski definition) is 2. The van der Waals surface area contributed by atoms with Crippen molar-refractivity contribution in [3.8, 4) is 5.75 Å². The molecule has 0 radical (unpaired) electrons. The lowest BCUT2D eigenvalue weighted by Crippen LogP contribution is -2.26. The van der Waals surface area contributed by atoms with Crippen LogP contribution in [0.15, 0.2) is 24.3 Å². The Morgan fingerprint density at radius 2 is 1.77 bits per heavy atom. The summed E-state index contributed by atoms with van der Waals surface area (Å²) in [6.45, 7) is 1.29. The average molecular weight is 307 g/mol. The molecule has 0 aliphatic rings. The molecule has 0 fully saturated rings. The van der Waals surface area contributed by atoms with Crippen molar-refractivity contribution in [1.82, 2.24) is 15.0 Å². The molecule has 4 N–H and O–H groups in total.